The zero-order valence-corrected chi connectivity index (χ0v) is 20.2. The van der Waals surface area contributed by atoms with Crippen molar-refractivity contribution in [3.8, 4) is 0 Å². The van der Waals surface area contributed by atoms with E-state index in [0.717, 1.165) is 31.6 Å². The molecule has 0 aromatic rings. The van der Waals surface area contributed by atoms with Crippen LogP contribution in [0.25, 0.3) is 0 Å². The molecule has 0 saturated heterocycles. The molecule has 0 radical (unpaired) electrons. The van der Waals surface area contributed by atoms with Crippen LogP contribution in [0.4, 0.5) is 0 Å². The molecule has 168 valence electrons. The lowest BCUT2D eigenvalue weighted by molar-refractivity contribution is -0.211. The van der Waals surface area contributed by atoms with Crippen LogP contribution in [0, 0.1) is 52.3 Å². The Hall–Kier alpha value is -0.890. The minimum Gasteiger partial charge on any atom is -0.389 e. The molecular formula is C28H44O2. The SMILES string of the molecule is CC(C)[C@H](C)/C=C/[C@@H](C)[C@H]1CC[C@H]2[C@@H]3CC[C@H]4CC(=O)C=C[C@]4(C)[C@@]3(O)CC[C@]12C. The normalized spacial score (nSPS) is 47.8. The van der Waals surface area contributed by atoms with Gasteiger partial charge in [0.15, 0.2) is 5.78 Å². The number of hydrogen-bond donors (Lipinski definition) is 1. The summed E-state index contributed by atoms with van der Waals surface area (Å²) in [6, 6.07) is 0. The topological polar surface area (TPSA) is 37.3 Å². The van der Waals surface area contributed by atoms with Crippen LogP contribution in [0.1, 0.15) is 86.5 Å². The van der Waals surface area contributed by atoms with Crippen LogP contribution in [-0.4, -0.2) is 16.5 Å². The molecule has 0 aliphatic heterocycles. The quantitative estimate of drug-likeness (QED) is 0.529. The lowest BCUT2D eigenvalue weighted by Gasteiger charge is -2.63. The highest BCUT2D eigenvalue weighted by Crippen LogP contribution is 2.68. The Kier molecular flexibility index (Phi) is 5.66. The monoisotopic (exact) mass is 412 g/mol. The van der Waals surface area contributed by atoms with Crippen molar-refractivity contribution in [3.63, 3.8) is 0 Å². The predicted molar refractivity (Wildman–Crippen MR) is 124 cm³/mol. The Morgan fingerprint density at radius 2 is 1.70 bits per heavy atom. The zero-order chi connectivity index (χ0) is 21.9. The number of carbonyl (C=O) groups is 1. The van der Waals surface area contributed by atoms with Gasteiger partial charge >= 0.3 is 0 Å². The van der Waals surface area contributed by atoms with E-state index in [4.69, 9.17) is 0 Å². The fourth-order valence-corrected chi connectivity index (χ4v) is 8.19. The minimum absolute atomic E-state index is 0.235. The molecule has 3 saturated carbocycles. The highest BCUT2D eigenvalue weighted by atomic mass is 16.3. The van der Waals surface area contributed by atoms with Crippen LogP contribution in [0.3, 0.4) is 0 Å². The third-order valence-electron chi connectivity index (χ3n) is 10.7. The third kappa shape index (κ3) is 3.19. The summed E-state index contributed by atoms with van der Waals surface area (Å²) in [5, 5.41) is 12.2. The second-order valence-corrected chi connectivity index (χ2v) is 12.2. The fourth-order valence-electron chi connectivity index (χ4n) is 8.19. The number of ketones is 1. The van der Waals surface area contributed by atoms with Crippen molar-refractivity contribution in [1.82, 2.24) is 0 Å². The van der Waals surface area contributed by atoms with E-state index in [1.165, 1.54) is 12.8 Å². The van der Waals surface area contributed by atoms with Gasteiger partial charge in [-0.25, -0.2) is 0 Å². The van der Waals surface area contributed by atoms with E-state index in [0.29, 0.717) is 47.3 Å². The van der Waals surface area contributed by atoms with Gasteiger partial charge in [-0.05, 0) is 91.4 Å². The van der Waals surface area contributed by atoms with Gasteiger partial charge in [0.25, 0.3) is 0 Å². The average molecular weight is 413 g/mol. The Morgan fingerprint density at radius 3 is 2.40 bits per heavy atom. The van der Waals surface area contributed by atoms with E-state index in [-0.39, 0.29) is 11.2 Å². The van der Waals surface area contributed by atoms with Gasteiger partial charge in [-0.1, -0.05) is 59.8 Å². The largest absolute Gasteiger partial charge is 0.389 e. The summed E-state index contributed by atoms with van der Waals surface area (Å²) in [7, 11) is 0. The van der Waals surface area contributed by atoms with Crippen LogP contribution in [0.5, 0.6) is 0 Å². The van der Waals surface area contributed by atoms with Crippen molar-refractivity contribution in [2.75, 3.05) is 0 Å². The maximum absolute atomic E-state index is 12.2. The first kappa shape index (κ1) is 22.3. The molecule has 0 spiro atoms. The van der Waals surface area contributed by atoms with Crippen LogP contribution in [0.15, 0.2) is 24.3 Å². The molecule has 4 aliphatic rings. The van der Waals surface area contributed by atoms with Gasteiger partial charge in [0.1, 0.15) is 0 Å². The first-order valence-corrected chi connectivity index (χ1v) is 12.7. The summed E-state index contributed by atoms with van der Waals surface area (Å²) in [6.45, 7) is 14.2. The molecule has 2 heteroatoms. The second-order valence-electron chi connectivity index (χ2n) is 12.2. The summed E-state index contributed by atoms with van der Waals surface area (Å²) in [5.41, 5.74) is -0.544. The number of rotatable bonds is 4. The van der Waals surface area contributed by atoms with E-state index in [1.807, 2.05) is 0 Å². The molecular weight excluding hydrogens is 368 g/mol. The number of allylic oxidation sites excluding steroid dienone is 3. The summed E-state index contributed by atoms with van der Waals surface area (Å²) in [6.07, 6.45) is 16.2. The molecule has 9 atom stereocenters. The average Bonchev–Trinajstić information content (AvgIpc) is 3.04. The van der Waals surface area contributed by atoms with Crippen molar-refractivity contribution in [1.29, 1.82) is 0 Å². The fraction of sp³-hybridized carbons (Fsp3) is 0.821. The Morgan fingerprint density at radius 1 is 1.00 bits per heavy atom. The molecule has 0 heterocycles. The maximum Gasteiger partial charge on any atom is 0.155 e. The molecule has 1 N–H and O–H groups in total. The van der Waals surface area contributed by atoms with E-state index >= 15 is 0 Å². The summed E-state index contributed by atoms with van der Waals surface area (Å²) in [5.74, 6) is 4.20. The Balaban J connectivity index is 1.58. The van der Waals surface area contributed by atoms with Crippen molar-refractivity contribution in [2.24, 2.45) is 52.3 Å². The Bertz CT molecular complexity index is 735. The molecule has 30 heavy (non-hydrogen) atoms. The van der Waals surface area contributed by atoms with Gasteiger partial charge in [-0.15, -0.1) is 0 Å². The van der Waals surface area contributed by atoms with Crippen molar-refractivity contribution >= 4 is 5.78 Å². The second kappa shape index (κ2) is 7.61. The first-order valence-electron chi connectivity index (χ1n) is 12.7. The molecule has 0 amide bonds. The smallest absolute Gasteiger partial charge is 0.155 e. The van der Waals surface area contributed by atoms with Crippen LogP contribution in [-0.2, 0) is 4.79 Å². The van der Waals surface area contributed by atoms with Crippen molar-refractivity contribution < 1.29 is 9.90 Å². The lowest BCUT2D eigenvalue weighted by atomic mass is 9.43. The highest BCUT2D eigenvalue weighted by molar-refractivity contribution is 5.91. The summed E-state index contributed by atoms with van der Waals surface area (Å²) in [4.78, 5) is 12.1. The number of hydrogen-bond acceptors (Lipinski definition) is 2. The van der Waals surface area contributed by atoms with E-state index < -0.39 is 5.60 Å². The van der Waals surface area contributed by atoms with Crippen LogP contribution in [0.2, 0.25) is 0 Å². The van der Waals surface area contributed by atoms with Crippen LogP contribution >= 0.6 is 0 Å². The van der Waals surface area contributed by atoms with Gasteiger partial charge in [0, 0.05) is 11.8 Å². The summed E-state index contributed by atoms with van der Waals surface area (Å²) < 4.78 is 0. The minimum atomic E-state index is -0.641. The van der Waals surface area contributed by atoms with Gasteiger partial charge in [0.2, 0.25) is 0 Å². The molecule has 4 rings (SSSR count). The van der Waals surface area contributed by atoms with Gasteiger partial charge in [-0.2, -0.15) is 0 Å². The number of aliphatic hydroxyl groups is 1. The highest BCUT2D eigenvalue weighted by Gasteiger charge is 2.66. The molecule has 4 aliphatic carbocycles. The number of carbonyl (C=O) groups excluding carboxylic acids is 1. The van der Waals surface area contributed by atoms with Crippen LogP contribution < -0.4 is 0 Å². The van der Waals surface area contributed by atoms with E-state index in [1.54, 1.807) is 6.08 Å². The summed E-state index contributed by atoms with van der Waals surface area (Å²) >= 11 is 0. The maximum atomic E-state index is 12.2. The molecule has 0 bridgehead atoms. The number of fused-ring (bicyclic) bond motifs is 5. The van der Waals surface area contributed by atoms with Gasteiger partial charge in [0.05, 0.1) is 5.60 Å². The molecule has 0 aromatic heterocycles. The molecule has 2 nitrogen and oxygen atoms in total. The Labute approximate surface area is 184 Å². The van der Waals surface area contributed by atoms with E-state index in [2.05, 4.69) is 59.8 Å². The molecule has 0 aromatic carbocycles. The van der Waals surface area contributed by atoms with Gasteiger partial charge in [-0.3, -0.25) is 4.79 Å². The standard InChI is InChI=1S/C28H44O2/c1-18(2)19(3)7-8-20(4)23-11-12-24-25-10-9-21-17-22(29)13-14-27(21,6)28(25,30)16-15-26(23,24)5/h7-8,13-14,18-21,23-25,30H,9-12,15-17H2,1-6H3/b8-7+/t19-,20-,21+,23-,24+,25+,26-,27+,28-/m1/s1. The zero-order valence-electron chi connectivity index (χ0n) is 20.2. The van der Waals surface area contributed by atoms with E-state index in [9.17, 15) is 9.90 Å². The predicted octanol–water partition coefficient (Wildman–Crippen LogP) is 6.59. The lowest BCUT2D eigenvalue weighted by Crippen LogP contribution is -2.64. The first-order chi connectivity index (χ1) is 14.0. The molecule has 3 fully saturated rings. The van der Waals surface area contributed by atoms with Gasteiger partial charge < -0.3 is 5.11 Å². The van der Waals surface area contributed by atoms with Crippen molar-refractivity contribution in [2.45, 2.75) is 92.1 Å². The third-order valence-corrected chi connectivity index (χ3v) is 10.7. The van der Waals surface area contributed by atoms with Crippen molar-refractivity contribution in [3.05, 3.63) is 24.3 Å². The molecule has 0 unspecified atom stereocenters.